The number of nitro benzene ring substituents is 1. The fraction of sp³-hybridized carbons (Fsp3) is 0.417. The van der Waals surface area contributed by atoms with Crippen LogP contribution in [0, 0.1) is 15.5 Å². The van der Waals surface area contributed by atoms with Gasteiger partial charge in [-0.3, -0.25) is 14.9 Å². The highest BCUT2D eigenvalue weighted by Crippen LogP contribution is 2.46. The van der Waals surface area contributed by atoms with Crippen LogP contribution in [0.15, 0.2) is 23.1 Å². The molecule has 1 N–H and O–H groups in total. The number of nitrogens with zero attached hydrogens (tertiary/aromatic N) is 1. The Morgan fingerprint density at radius 1 is 1.50 bits per heavy atom. The molecule has 1 saturated carbocycles. The lowest BCUT2D eigenvalue weighted by Crippen LogP contribution is -2.21. The summed E-state index contributed by atoms with van der Waals surface area (Å²) in [7, 11) is 0. The first-order valence-corrected chi connectivity index (χ1v) is 6.83. The summed E-state index contributed by atoms with van der Waals surface area (Å²) >= 11 is 1.43. The van der Waals surface area contributed by atoms with E-state index in [4.69, 9.17) is 0 Å². The molecule has 0 saturated heterocycles. The van der Waals surface area contributed by atoms with Crippen molar-refractivity contribution in [2.24, 2.45) is 5.41 Å². The van der Waals surface area contributed by atoms with Crippen molar-refractivity contribution in [3.63, 3.8) is 0 Å². The Labute approximate surface area is 109 Å². The van der Waals surface area contributed by atoms with Gasteiger partial charge in [0.05, 0.1) is 4.92 Å². The van der Waals surface area contributed by atoms with Crippen LogP contribution in [0.5, 0.6) is 0 Å². The fourth-order valence-corrected chi connectivity index (χ4v) is 2.02. The number of hydrogen-bond acceptors (Lipinski definition) is 4. The second-order valence-electron chi connectivity index (χ2n) is 4.65. The Morgan fingerprint density at radius 3 is 2.67 bits per heavy atom. The van der Waals surface area contributed by atoms with Crippen molar-refractivity contribution in [2.75, 3.05) is 11.6 Å². The van der Waals surface area contributed by atoms with Crippen molar-refractivity contribution < 1.29 is 9.72 Å². The number of benzene rings is 1. The number of amides is 1. The van der Waals surface area contributed by atoms with E-state index in [0.29, 0.717) is 0 Å². The first kappa shape index (κ1) is 12.9. The van der Waals surface area contributed by atoms with E-state index in [2.05, 4.69) is 5.32 Å². The van der Waals surface area contributed by atoms with Crippen molar-refractivity contribution in [1.82, 2.24) is 0 Å². The van der Waals surface area contributed by atoms with Crippen LogP contribution in [0.2, 0.25) is 0 Å². The number of rotatable bonds is 4. The van der Waals surface area contributed by atoms with Gasteiger partial charge in [0.2, 0.25) is 5.91 Å². The molecule has 6 heteroatoms. The number of nitro groups is 1. The van der Waals surface area contributed by atoms with Crippen LogP contribution in [-0.4, -0.2) is 17.1 Å². The first-order chi connectivity index (χ1) is 8.46. The average Bonchev–Trinajstić information content (AvgIpc) is 3.09. The Hall–Kier alpha value is -1.56. The highest BCUT2D eigenvalue weighted by molar-refractivity contribution is 7.98. The predicted octanol–water partition coefficient (Wildman–Crippen LogP) is 3.06. The van der Waals surface area contributed by atoms with Gasteiger partial charge in [-0.15, -0.1) is 11.8 Å². The van der Waals surface area contributed by atoms with Crippen molar-refractivity contribution in [3.8, 4) is 0 Å². The van der Waals surface area contributed by atoms with Crippen LogP contribution in [0.3, 0.4) is 0 Å². The average molecular weight is 266 g/mol. The van der Waals surface area contributed by atoms with Crippen LogP contribution >= 0.6 is 11.8 Å². The number of hydrogen-bond donors (Lipinski definition) is 1. The van der Waals surface area contributed by atoms with Crippen LogP contribution in [-0.2, 0) is 4.79 Å². The van der Waals surface area contributed by atoms with Crippen molar-refractivity contribution in [3.05, 3.63) is 28.3 Å². The maximum absolute atomic E-state index is 11.9. The second kappa shape index (κ2) is 4.61. The van der Waals surface area contributed by atoms with Gasteiger partial charge in [-0.25, -0.2) is 0 Å². The molecule has 1 amide bonds. The van der Waals surface area contributed by atoms with E-state index >= 15 is 0 Å². The lowest BCUT2D eigenvalue weighted by Gasteiger charge is -2.10. The van der Waals surface area contributed by atoms with Gasteiger partial charge in [0.25, 0.3) is 5.69 Å². The number of nitrogens with one attached hydrogen (secondary N) is 1. The summed E-state index contributed by atoms with van der Waals surface area (Å²) in [6.07, 6.45) is 3.54. The summed E-state index contributed by atoms with van der Waals surface area (Å²) < 4.78 is 0. The topological polar surface area (TPSA) is 72.2 Å². The van der Waals surface area contributed by atoms with Gasteiger partial charge in [-0.1, -0.05) is 6.92 Å². The minimum Gasteiger partial charge on any atom is -0.320 e. The largest absolute Gasteiger partial charge is 0.320 e. The number of carbonyl (C=O) groups is 1. The molecule has 0 heterocycles. The van der Waals surface area contributed by atoms with E-state index in [1.807, 2.05) is 13.2 Å². The number of anilines is 1. The zero-order valence-electron chi connectivity index (χ0n) is 10.2. The molecule has 18 heavy (non-hydrogen) atoms. The fourth-order valence-electron chi connectivity index (χ4n) is 1.58. The monoisotopic (exact) mass is 266 g/mol. The van der Waals surface area contributed by atoms with Gasteiger partial charge >= 0.3 is 0 Å². The van der Waals surface area contributed by atoms with E-state index in [9.17, 15) is 14.9 Å². The second-order valence-corrected chi connectivity index (χ2v) is 5.53. The molecule has 0 radical (unpaired) electrons. The molecule has 1 fully saturated rings. The molecule has 0 spiro atoms. The van der Waals surface area contributed by atoms with E-state index < -0.39 is 4.92 Å². The van der Waals surface area contributed by atoms with Gasteiger partial charge in [0, 0.05) is 16.4 Å². The van der Waals surface area contributed by atoms with E-state index in [0.717, 1.165) is 17.7 Å². The van der Waals surface area contributed by atoms with Crippen molar-refractivity contribution >= 4 is 29.0 Å². The molecule has 96 valence electrons. The summed E-state index contributed by atoms with van der Waals surface area (Å²) in [4.78, 5) is 23.2. The standard InChI is InChI=1S/C12H14N2O3S/c1-12(5-6-12)11(15)13-9-4-3-8(18-2)7-10(9)14(16)17/h3-4,7H,5-6H2,1-2H3,(H,13,15). The highest BCUT2D eigenvalue weighted by atomic mass is 32.2. The van der Waals surface area contributed by atoms with Crippen molar-refractivity contribution in [2.45, 2.75) is 24.7 Å². The lowest BCUT2D eigenvalue weighted by molar-refractivity contribution is -0.384. The van der Waals surface area contributed by atoms with Crippen LogP contribution in [0.1, 0.15) is 19.8 Å². The van der Waals surface area contributed by atoms with Crippen LogP contribution in [0.25, 0.3) is 0 Å². The minimum absolute atomic E-state index is 0.0561. The smallest absolute Gasteiger partial charge is 0.293 e. The molecule has 1 aliphatic carbocycles. The molecule has 0 atom stereocenters. The van der Waals surface area contributed by atoms with Gasteiger partial charge in [-0.05, 0) is 31.2 Å². The normalized spacial score (nSPS) is 16.1. The quantitative estimate of drug-likeness (QED) is 0.516. The third kappa shape index (κ3) is 2.48. The third-order valence-electron chi connectivity index (χ3n) is 3.20. The lowest BCUT2D eigenvalue weighted by atomic mass is 10.1. The predicted molar refractivity (Wildman–Crippen MR) is 70.8 cm³/mol. The Morgan fingerprint density at radius 2 is 2.17 bits per heavy atom. The molecule has 0 aromatic heterocycles. The Balaban J connectivity index is 2.26. The van der Waals surface area contributed by atoms with Crippen molar-refractivity contribution in [1.29, 1.82) is 0 Å². The SMILES string of the molecule is CSc1ccc(NC(=O)C2(C)CC2)c([N+](=O)[O-])c1. The summed E-state index contributed by atoms with van der Waals surface area (Å²) in [6.45, 7) is 1.87. The molecule has 1 aromatic carbocycles. The number of thioether (sulfide) groups is 1. The molecule has 2 rings (SSSR count). The van der Waals surface area contributed by atoms with E-state index in [1.165, 1.54) is 17.8 Å². The maximum Gasteiger partial charge on any atom is 0.293 e. The van der Waals surface area contributed by atoms with Gasteiger partial charge in [0.1, 0.15) is 5.69 Å². The molecule has 0 aliphatic heterocycles. The van der Waals surface area contributed by atoms with Gasteiger partial charge in [0.15, 0.2) is 0 Å². The zero-order chi connectivity index (χ0) is 13.3. The van der Waals surface area contributed by atoms with E-state index in [1.54, 1.807) is 12.1 Å². The molecule has 0 bridgehead atoms. The molecular formula is C12H14N2O3S. The third-order valence-corrected chi connectivity index (χ3v) is 3.92. The molecular weight excluding hydrogens is 252 g/mol. The molecule has 0 unspecified atom stereocenters. The summed E-state index contributed by atoms with van der Waals surface area (Å²) in [5.74, 6) is -0.137. The first-order valence-electron chi connectivity index (χ1n) is 5.60. The summed E-state index contributed by atoms with van der Waals surface area (Å²) in [6, 6.07) is 4.84. The summed E-state index contributed by atoms with van der Waals surface area (Å²) in [5.41, 5.74) is -0.123. The van der Waals surface area contributed by atoms with Gasteiger partial charge in [-0.2, -0.15) is 0 Å². The number of carbonyl (C=O) groups excluding carboxylic acids is 1. The maximum atomic E-state index is 11.9. The Bertz CT molecular complexity index is 512. The van der Waals surface area contributed by atoms with Crippen LogP contribution in [0.4, 0.5) is 11.4 Å². The summed E-state index contributed by atoms with van der Waals surface area (Å²) in [5, 5.41) is 13.6. The molecule has 5 nitrogen and oxygen atoms in total. The molecule has 1 aliphatic rings. The highest BCUT2D eigenvalue weighted by Gasteiger charge is 2.45. The van der Waals surface area contributed by atoms with Crippen LogP contribution < -0.4 is 5.32 Å². The van der Waals surface area contributed by atoms with E-state index in [-0.39, 0.29) is 22.7 Å². The Kier molecular flexibility index (Phi) is 3.30. The molecule has 1 aromatic rings. The zero-order valence-corrected chi connectivity index (χ0v) is 11.0. The van der Waals surface area contributed by atoms with Gasteiger partial charge < -0.3 is 5.32 Å². The minimum atomic E-state index is -0.468.